The first-order valence-electron chi connectivity index (χ1n) is 9.51. The maximum atomic E-state index is 12.6. The molecule has 7 heteroatoms. The Morgan fingerprint density at radius 1 is 1.22 bits per heavy atom. The zero-order valence-corrected chi connectivity index (χ0v) is 15.4. The van der Waals surface area contributed by atoms with Crippen molar-refractivity contribution in [3.63, 3.8) is 0 Å². The summed E-state index contributed by atoms with van der Waals surface area (Å²) in [4.78, 5) is 28.1. The van der Waals surface area contributed by atoms with Gasteiger partial charge < -0.3 is 20.2 Å². The number of aliphatic hydroxyl groups is 1. The maximum absolute atomic E-state index is 12.6. The summed E-state index contributed by atoms with van der Waals surface area (Å²) in [6.45, 7) is 1.61. The van der Waals surface area contributed by atoms with E-state index in [2.05, 4.69) is 11.4 Å². The molecule has 3 rings (SSSR count). The fraction of sp³-hybridized carbons (Fsp3) is 0.550. The number of carbonyl (C=O) groups is 2. The van der Waals surface area contributed by atoms with E-state index in [-0.39, 0.29) is 43.5 Å². The third-order valence-electron chi connectivity index (χ3n) is 5.40. The van der Waals surface area contributed by atoms with Crippen LogP contribution in [0, 0.1) is 11.3 Å². The van der Waals surface area contributed by atoms with Crippen molar-refractivity contribution in [1.82, 2.24) is 15.1 Å². The smallest absolute Gasteiger partial charge is 0.237 e. The highest BCUT2D eigenvalue weighted by Crippen LogP contribution is 2.23. The van der Waals surface area contributed by atoms with Gasteiger partial charge in [-0.1, -0.05) is 24.3 Å². The van der Waals surface area contributed by atoms with E-state index in [0.717, 1.165) is 18.4 Å². The van der Waals surface area contributed by atoms with Crippen LogP contribution in [0.4, 0.5) is 0 Å². The van der Waals surface area contributed by atoms with Crippen molar-refractivity contribution in [2.45, 2.75) is 44.3 Å². The average molecular weight is 370 g/mol. The fourth-order valence-electron chi connectivity index (χ4n) is 3.88. The van der Waals surface area contributed by atoms with Crippen LogP contribution >= 0.6 is 0 Å². The van der Waals surface area contributed by atoms with Crippen molar-refractivity contribution in [3.05, 3.63) is 35.4 Å². The third-order valence-corrected chi connectivity index (χ3v) is 5.40. The zero-order chi connectivity index (χ0) is 19.2. The van der Waals surface area contributed by atoms with Crippen LogP contribution in [0.25, 0.3) is 0 Å². The van der Waals surface area contributed by atoms with Crippen molar-refractivity contribution < 1.29 is 14.7 Å². The SMILES string of the molecule is N#CC1CCCN1C(=O)CNCCC(=O)N1Cc2ccccc2CC1CO. The summed E-state index contributed by atoms with van der Waals surface area (Å²) in [5.41, 5.74) is 2.30. The van der Waals surface area contributed by atoms with Gasteiger partial charge in [0.1, 0.15) is 6.04 Å². The number of nitriles is 1. The molecule has 0 bridgehead atoms. The maximum Gasteiger partial charge on any atom is 0.237 e. The monoisotopic (exact) mass is 370 g/mol. The highest BCUT2D eigenvalue weighted by molar-refractivity contribution is 5.80. The second-order valence-electron chi connectivity index (χ2n) is 7.13. The molecule has 2 unspecified atom stereocenters. The molecule has 0 saturated carbocycles. The van der Waals surface area contributed by atoms with Gasteiger partial charge in [0.15, 0.2) is 0 Å². The molecular formula is C20H26N4O3. The van der Waals surface area contributed by atoms with Crippen molar-refractivity contribution in [1.29, 1.82) is 5.26 Å². The van der Waals surface area contributed by atoms with E-state index in [4.69, 9.17) is 5.26 Å². The largest absolute Gasteiger partial charge is 0.394 e. The predicted octanol–water partition coefficient (Wildman–Crippen LogP) is 0.426. The molecule has 1 aromatic carbocycles. The summed E-state index contributed by atoms with van der Waals surface area (Å²) in [7, 11) is 0. The van der Waals surface area contributed by atoms with Gasteiger partial charge in [0.25, 0.3) is 0 Å². The van der Waals surface area contributed by atoms with Crippen molar-refractivity contribution in [2.75, 3.05) is 26.2 Å². The molecule has 1 aromatic rings. The summed E-state index contributed by atoms with van der Waals surface area (Å²) in [6, 6.07) is 9.63. The Morgan fingerprint density at radius 2 is 2.00 bits per heavy atom. The molecule has 2 aliphatic rings. The summed E-state index contributed by atoms with van der Waals surface area (Å²) >= 11 is 0. The van der Waals surface area contributed by atoms with Crippen LogP contribution in [-0.2, 0) is 22.6 Å². The van der Waals surface area contributed by atoms with E-state index in [9.17, 15) is 14.7 Å². The van der Waals surface area contributed by atoms with Crippen molar-refractivity contribution in [3.8, 4) is 6.07 Å². The van der Waals surface area contributed by atoms with Gasteiger partial charge in [0.05, 0.1) is 25.3 Å². The summed E-state index contributed by atoms with van der Waals surface area (Å²) in [5.74, 6) is -0.119. The van der Waals surface area contributed by atoms with Gasteiger partial charge in [-0.25, -0.2) is 0 Å². The lowest BCUT2D eigenvalue weighted by atomic mass is 9.94. The number of amides is 2. The lowest BCUT2D eigenvalue weighted by molar-refractivity contribution is -0.136. The molecule has 2 heterocycles. The van der Waals surface area contributed by atoms with Gasteiger partial charge in [-0.05, 0) is 30.4 Å². The van der Waals surface area contributed by atoms with E-state index in [1.165, 1.54) is 5.56 Å². The average Bonchev–Trinajstić information content (AvgIpc) is 3.18. The van der Waals surface area contributed by atoms with Gasteiger partial charge >= 0.3 is 0 Å². The number of carbonyl (C=O) groups excluding carboxylic acids is 2. The van der Waals surface area contributed by atoms with Gasteiger partial charge in [0.2, 0.25) is 11.8 Å². The van der Waals surface area contributed by atoms with Crippen LogP contribution in [0.3, 0.4) is 0 Å². The molecule has 0 aliphatic carbocycles. The Kier molecular flexibility index (Phi) is 6.43. The highest BCUT2D eigenvalue weighted by atomic mass is 16.3. The van der Waals surface area contributed by atoms with Gasteiger partial charge in [-0.2, -0.15) is 5.26 Å². The first-order valence-corrected chi connectivity index (χ1v) is 9.51. The van der Waals surface area contributed by atoms with Gasteiger partial charge in [-0.3, -0.25) is 9.59 Å². The molecule has 2 N–H and O–H groups in total. The normalized spacial score (nSPS) is 21.6. The molecule has 144 valence electrons. The molecule has 7 nitrogen and oxygen atoms in total. The van der Waals surface area contributed by atoms with Crippen LogP contribution in [0.15, 0.2) is 24.3 Å². The summed E-state index contributed by atoms with van der Waals surface area (Å²) in [6.07, 6.45) is 2.53. The molecular weight excluding hydrogens is 344 g/mol. The number of aliphatic hydroxyl groups excluding tert-OH is 1. The van der Waals surface area contributed by atoms with E-state index >= 15 is 0 Å². The van der Waals surface area contributed by atoms with Crippen LogP contribution in [0.2, 0.25) is 0 Å². The molecule has 2 aliphatic heterocycles. The first kappa shape index (κ1) is 19.3. The molecule has 1 fully saturated rings. The predicted molar refractivity (Wildman–Crippen MR) is 99.4 cm³/mol. The summed E-state index contributed by atoms with van der Waals surface area (Å²) < 4.78 is 0. The van der Waals surface area contributed by atoms with E-state index in [1.807, 2.05) is 24.3 Å². The van der Waals surface area contributed by atoms with Crippen LogP contribution in [-0.4, -0.2) is 65.0 Å². The second kappa shape index (κ2) is 8.98. The fourth-order valence-corrected chi connectivity index (χ4v) is 3.88. The van der Waals surface area contributed by atoms with E-state index in [1.54, 1.807) is 9.80 Å². The lowest BCUT2D eigenvalue weighted by Gasteiger charge is -2.36. The molecule has 2 atom stereocenters. The topological polar surface area (TPSA) is 96.7 Å². The molecule has 27 heavy (non-hydrogen) atoms. The number of hydrogen-bond acceptors (Lipinski definition) is 5. The van der Waals surface area contributed by atoms with E-state index in [0.29, 0.717) is 26.1 Å². The minimum atomic E-state index is -0.320. The Balaban J connectivity index is 1.46. The zero-order valence-electron chi connectivity index (χ0n) is 15.4. The Labute approximate surface area is 159 Å². The summed E-state index contributed by atoms with van der Waals surface area (Å²) in [5, 5.41) is 21.7. The Bertz CT molecular complexity index is 730. The molecule has 0 aromatic heterocycles. The number of benzene rings is 1. The van der Waals surface area contributed by atoms with Crippen molar-refractivity contribution in [2.24, 2.45) is 0 Å². The standard InChI is InChI=1S/C20H26N4O3/c21-11-17-6-3-9-23(17)20(27)12-22-8-7-19(26)24-13-16-5-2-1-4-15(16)10-18(24)14-25/h1-2,4-5,17-18,22,25H,3,6-10,12-14H2. The number of nitrogens with zero attached hydrogens (tertiary/aromatic N) is 3. The lowest BCUT2D eigenvalue weighted by Crippen LogP contribution is -2.47. The first-order chi connectivity index (χ1) is 13.1. The van der Waals surface area contributed by atoms with Crippen LogP contribution in [0.1, 0.15) is 30.4 Å². The van der Waals surface area contributed by atoms with Gasteiger partial charge in [-0.15, -0.1) is 0 Å². The molecule has 0 radical (unpaired) electrons. The molecule has 0 spiro atoms. The highest BCUT2D eigenvalue weighted by Gasteiger charge is 2.29. The number of likely N-dealkylation sites (tertiary alicyclic amines) is 1. The minimum Gasteiger partial charge on any atom is -0.394 e. The minimum absolute atomic E-state index is 0.0282. The Morgan fingerprint density at radius 3 is 2.74 bits per heavy atom. The van der Waals surface area contributed by atoms with Crippen LogP contribution < -0.4 is 5.32 Å². The second-order valence-corrected chi connectivity index (χ2v) is 7.13. The van der Waals surface area contributed by atoms with Crippen LogP contribution in [0.5, 0.6) is 0 Å². The van der Waals surface area contributed by atoms with E-state index < -0.39 is 0 Å². The van der Waals surface area contributed by atoms with Gasteiger partial charge in [0, 0.05) is 26.1 Å². The molecule has 1 saturated heterocycles. The number of nitrogens with one attached hydrogen (secondary N) is 1. The van der Waals surface area contributed by atoms with Crippen molar-refractivity contribution >= 4 is 11.8 Å². The Hall–Kier alpha value is -2.43. The third kappa shape index (κ3) is 4.46. The number of rotatable bonds is 6. The molecule has 2 amide bonds. The number of fused-ring (bicyclic) bond motifs is 1. The quantitative estimate of drug-likeness (QED) is 0.708. The number of hydrogen-bond donors (Lipinski definition) is 2.